The summed E-state index contributed by atoms with van der Waals surface area (Å²) in [5, 5.41) is 3.36. The van der Waals surface area contributed by atoms with E-state index in [1.807, 2.05) is 30.5 Å². The Morgan fingerprint density at radius 3 is 1.96 bits per heavy atom. The summed E-state index contributed by atoms with van der Waals surface area (Å²) in [4.78, 5) is 15.1. The topological polar surface area (TPSA) is 44.8 Å². The number of pyridine rings is 2. The summed E-state index contributed by atoms with van der Waals surface area (Å²) >= 11 is 0. The Morgan fingerprint density at radius 1 is 0.612 bits per heavy atom. The first-order chi connectivity index (χ1) is 23.0. The van der Waals surface area contributed by atoms with Gasteiger partial charge in [0.25, 0.3) is 0 Å². The average Bonchev–Trinajstić information content (AvgIpc) is 3.66. The summed E-state index contributed by atoms with van der Waals surface area (Å²) in [6, 6.07) is 44.4. The van der Waals surface area contributed by atoms with E-state index in [2.05, 4.69) is 143 Å². The van der Waals surface area contributed by atoms with Crippen LogP contribution in [-0.2, 0) is 31.9 Å². The van der Waals surface area contributed by atoms with E-state index < -0.39 is 0 Å². The SMILES string of the molecule is CC(C)(C)c1cc(-c2cc(-c3ccccn3)[c-]c(-c3ccc4c5ccccc5n(-c5cc6ccccc6[n-]5)c4n3)c2)cc(C(C)(C)C)c1.[Pt+2]. The Labute approximate surface area is 302 Å². The molecule has 4 heterocycles. The normalized spacial score (nSPS) is 12.1. The maximum absolute atomic E-state index is 5.38. The van der Waals surface area contributed by atoms with Crippen LogP contribution in [0.15, 0.2) is 121 Å². The van der Waals surface area contributed by atoms with Gasteiger partial charge in [-0.3, -0.25) is 9.97 Å². The van der Waals surface area contributed by atoms with Crippen LogP contribution in [0.1, 0.15) is 52.7 Å². The largest absolute Gasteiger partial charge is 2.00 e. The van der Waals surface area contributed by atoms with Crippen LogP contribution >= 0.6 is 0 Å². The molecule has 4 aromatic heterocycles. The van der Waals surface area contributed by atoms with Gasteiger partial charge in [-0.05, 0) is 55.4 Å². The molecule has 8 aromatic rings. The molecule has 0 N–H and O–H groups in total. The third kappa shape index (κ3) is 6.04. The van der Waals surface area contributed by atoms with E-state index in [0.29, 0.717) is 0 Å². The van der Waals surface area contributed by atoms with Crippen molar-refractivity contribution in [2.75, 3.05) is 0 Å². The Bertz CT molecular complexity index is 2410. The predicted octanol–water partition coefficient (Wildman–Crippen LogP) is 11.1. The summed E-state index contributed by atoms with van der Waals surface area (Å²) in [5.74, 6) is 0.868. The van der Waals surface area contributed by atoms with E-state index in [1.54, 1.807) is 0 Å². The molecule has 0 saturated carbocycles. The molecule has 0 bridgehead atoms. The molecule has 0 aliphatic rings. The van der Waals surface area contributed by atoms with Crippen LogP contribution in [-0.4, -0.2) is 14.5 Å². The second kappa shape index (κ2) is 12.3. The zero-order valence-electron chi connectivity index (χ0n) is 28.7. The molecule has 0 fully saturated rings. The molecule has 0 amide bonds. The first kappa shape index (κ1) is 32.7. The van der Waals surface area contributed by atoms with E-state index in [4.69, 9.17) is 15.0 Å². The van der Waals surface area contributed by atoms with Crippen LogP contribution in [0.2, 0.25) is 0 Å². The number of para-hydroxylation sites is 2. The first-order valence-electron chi connectivity index (χ1n) is 16.6. The van der Waals surface area contributed by atoms with Gasteiger partial charge < -0.3 is 9.55 Å². The quantitative estimate of drug-likeness (QED) is 0.166. The number of rotatable bonds is 4. The number of benzene rings is 4. The van der Waals surface area contributed by atoms with E-state index in [9.17, 15) is 0 Å². The van der Waals surface area contributed by atoms with Crippen molar-refractivity contribution in [2.45, 2.75) is 52.4 Å². The van der Waals surface area contributed by atoms with Crippen molar-refractivity contribution < 1.29 is 21.1 Å². The molecular formula is C44H38N4Pt. The molecule has 0 aliphatic carbocycles. The Morgan fingerprint density at radius 2 is 1.27 bits per heavy atom. The molecule has 5 heteroatoms. The van der Waals surface area contributed by atoms with Gasteiger partial charge >= 0.3 is 21.1 Å². The smallest absolute Gasteiger partial charge is 0.435 e. The predicted molar refractivity (Wildman–Crippen MR) is 200 cm³/mol. The Kier molecular flexibility index (Phi) is 8.20. The summed E-state index contributed by atoms with van der Waals surface area (Å²) in [5.41, 5.74) is 11.5. The van der Waals surface area contributed by atoms with Gasteiger partial charge in [0.2, 0.25) is 0 Å². The van der Waals surface area contributed by atoms with Crippen molar-refractivity contribution in [3.8, 4) is 39.5 Å². The average molecular weight is 818 g/mol. The number of nitrogens with zero attached hydrogens (tertiary/aromatic N) is 4. The van der Waals surface area contributed by atoms with Crippen molar-refractivity contribution >= 4 is 32.8 Å². The van der Waals surface area contributed by atoms with Gasteiger partial charge in [0.1, 0.15) is 0 Å². The second-order valence-corrected chi connectivity index (χ2v) is 14.8. The summed E-state index contributed by atoms with van der Waals surface area (Å²) in [6.07, 6.45) is 1.84. The maximum atomic E-state index is 5.38. The van der Waals surface area contributed by atoms with Crippen molar-refractivity contribution in [3.05, 3.63) is 139 Å². The van der Waals surface area contributed by atoms with Crippen LogP contribution in [0.25, 0.3) is 72.3 Å². The molecule has 0 unspecified atom stereocenters. The standard InChI is InChI=1S/C44H38N4.Pt/c1-43(2,3)33-24-30(25-34(27-33)44(4,5)6)29-21-31(37-15-11-12-20-45-37)23-32(22-29)39-19-18-36-35-14-8-10-17-40(35)48(42(36)47-39)41-26-28-13-7-9-16-38(28)46-41;/h7-22,24-27H,1-6H3;/q-2;+2. The molecule has 4 aromatic carbocycles. The first-order valence-corrected chi connectivity index (χ1v) is 16.6. The van der Waals surface area contributed by atoms with Gasteiger partial charge in [-0.25, -0.2) is 0 Å². The zero-order valence-corrected chi connectivity index (χ0v) is 30.9. The molecule has 0 radical (unpaired) electrons. The molecule has 0 spiro atoms. The van der Waals surface area contributed by atoms with Crippen molar-refractivity contribution in [1.29, 1.82) is 0 Å². The molecule has 49 heavy (non-hydrogen) atoms. The van der Waals surface area contributed by atoms with Crippen LogP contribution in [0, 0.1) is 6.07 Å². The van der Waals surface area contributed by atoms with Crippen molar-refractivity contribution in [1.82, 2.24) is 19.5 Å². The van der Waals surface area contributed by atoms with E-state index in [-0.39, 0.29) is 31.9 Å². The monoisotopic (exact) mass is 817 g/mol. The van der Waals surface area contributed by atoms with Crippen molar-refractivity contribution in [2.24, 2.45) is 0 Å². The number of hydrogen-bond donors (Lipinski definition) is 0. The zero-order chi connectivity index (χ0) is 33.2. The minimum absolute atomic E-state index is 0. The number of hydrogen-bond acceptors (Lipinski definition) is 2. The Hall–Kier alpha value is -4.79. The van der Waals surface area contributed by atoms with Crippen LogP contribution in [0.5, 0.6) is 0 Å². The molecule has 4 nitrogen and oxygen atoms in total. The minimum Gasteiger partial charge on any atom is -0.435 e. The number of aromatic nitrogens is 4. The summed E-state index contributed by atoms with van der Waals surface area (Å²) in [6.45, 7) is 13.7. The third-order valence-electron chi connectivity index (χ3n) is 9.29. The van der Waals surface area contributed by atoms with Crippen molar-refractivity contribution in [3.63, 3.8) is 0 Å². The summed E-state index contributed by atoms with van der Waals surface area (Å²) in [7, 11) is 0. The van der Waals surface area contributed by atoms with Crippen LogP contribution in [0.3, 0.4) is 0 Å². The molecule has 0 atom stereocenters. The van der Waals surface area contributed by atoms with Crippen LogP contribution in [0.4, 0.5) is 0 Å². The van der Waals surface area contributed by atoms with Crippen LogP contribution < -0.4 is 4.98 Å². The minimum atomic E-state index is 0. The second-order valence-electron chi connectivity index (χ2n) is 14.8. The van der Waals surface area contributed by atoms with E-state index in [0.717, 1.165) is 66.7 Å². The fourth-order valence-corrected chi connectivity index (χ4v) is 6.54. The van der Waals surface area contributed by atoms with Gasteiger partial charge in [-0.15, -0.1) is 18.2 Å². The van der Waals surface area contributed by atoms with E-state index >= 15 is 0 Å². The van der Waals surface area contributed by atoms with Gasteiger partial charge in [-0.2, -0.15) is 0 Å². The summed E-state index contributed by atoms with van der Waals surface area (Å²) < 4.78 is 2.19. The van der Waals surface area contributed by atoms with E-state index in [1.165, 1.54) is 16.7 Å². The Balaban J connectivity index is 0.00000378. The molecule has 0 saturated heterocycles. The maximum Gasteiger partial charge on any atom is 2.00 e. The van der Waals surface area contributed by atoms with Gasteiger partial charge in [0.05, 0.1) is 5.65 Å². The molecule has 244 valence electrons. The fourth-order valence-electron chi connectivity index (χ4n) is 6.54. The number of fused-ring (bicyclic) bond motifs is 4. The molecular weight excluding hydrogens is 780 g/mol. The van der Waals surface area contributed by atoms with Gasteiger partial charge in [0.15, 0.2) is 0 Å². The molecule has 8 rings (SSSR count). The van der Waals surface area contributed by atoms with Gasteiger partial charge in [-0.1, -0.05) is 161 Å². The third-order valence-corrected chi connectivity index (χ3v) is 9.29. The van der Waals surface area contributed by atoms with Gasteiger partial charge in [0, 0.05) is 23.0 Å². The fraction of sp³-hybridized carbons (Fsp3) is 0.182. The molecule has 0 aliphatic heterocycles.